The highest BCUT2D eigenvalue weighted by atomic mass is 28.3. The molecule has 0 aromatic carbocycles. The fourth-order valence-corrected chi connectivity index (χ4v) is 6.17. The van der Waals surface area contributed by atoms with Crippen LogP contribution in [0.5, 0.6) is 0 Å². The molecule has 0 unspecified atom stereocenters. The van der Waals surface area contributed by atoms with Gasteiger partial charge in [-0.3, -0.25) is 0 Å². The Labute approximate surface area is 147 Å². The minimum Gasteiger partial charge on any atom is -0.397 e. The van der Waals surface area contributed by atoms with E-state index in [0.717, 1.165) is 52.4 Å². The summed E-state index contributed by atoms with van der Waals surface area (Å²) in [5.41, 5.74) is 1.07. The van der Waals surface area contributed by atoms with Crippen molar-refractivity contribution >= 4 is 18.6 Å². The monoisotopic (exact) mass is 365 g/mol. The van der Waals surface area contributed by atoms with Crippen molar-refractivity contribution in [1.29, 1.82) is 0 Å². The SMILES string of the molecule is CCO[SiH](OCC)[C@@H](C)CCNCC[C@H](C)[SiH](OCC)OCC. The van der Waals surface area contributed by atoms with E-state index in [2.05, 4.69) is 19.2 Å². The fraction of sp³-hybridized carbons (Fsp3) is 1.00. The smallest absolute Gasteiger partial charge is 0.324 e. The van der Waals surface area contributed by atoms with E-state index in [0.29, 0.717) is 11.1 Å². The summed E-state index contributed by atoms with van der Waals surface area (Å²) in [5.74, 6) is 0. The molecular weight excluding hydrogens is 326 g/mol. The lowest BCUT2D eigenvalue weighted by atomic mass is 10.3. The van der Waals surface area contributed by atoms with Crippen LogP contribution in [0.4, 0.5) is 0 Å². The first-order chi connectivity index (χ1) is 11.1. The summed E-state index contributed by atoms with van der Waals surface area (Å²) in [5, 5.41) is 3.55. The summed E-state index contributed by atoms with van der Waals surface area (Å²) in [4.78, 5) is 0. The topological polar surface area (TPSA) is 49.0 Å². The highest BCUT2D eigenvalue weighted by Crippen LogP contribution is 2.17. The van der Waals surface area contributed by atoms with Gasteiger partial charge >= 0.3 is 18.6 Å². The first kappa shape index (κ1) is 23.2. The number of hydrogen-bond donors (Lipinski definition) is 1. The second kappa shape index (κ2) is 15.7. The van der Waals surface area contributed by atoms with E-state index in [4.69, 9.17) is 17.7 Å². The second-order valence-electron chi connectivity index (χ2n) is 5.84. The molecule has 0 bridgehead atoms. The lowest BCUT2D eigenvalue weighted by Crippen LogP contribution is -2.32. The van der Waals surface area contributed by atoms with Gasteiger partial charge in [-0.1, -0.05) is 13.8 Å². The molecule has 0 saturated heterocycles. The van der Waals surface area contributed by atoms with Crippen molar-refractivity contribution in [3.05, 3.63) is 0 Å². The molecule has 1 N–H and O–H groups in total. The van der Waals surface area contributed by atoms with E-state index in [1.165, 1.54) is 0 Å². The molecule has 23 heavy (non-hydrogen) atoms. The van der Waals surface area contributed by atoms with Crippen LogP contribution in [0.15, 0.2) is 0 Å². The van der Waals surface area contributed by atoms with Crippen molar-refractivity contribution in [2.24, 2.45) is 0 Å². The molecule has 0 heterocycles. The van der Waals surface area contributed by atoms with Crippen LogP contribution in [0.25, 0.3) is 0 Å². The molecule has 2 atom stereocenters. The van der Waals surface area contributed by atoms with E-state index < -0.39 is 18.6 Å². The van der Waals surface area contributed by atoms with Crippen molar-refractivity contribution in [2.45, 2.75) is 65.5 Å². The van der Waals surface area contributed by atoms with E-state index in [1.54, 1.807) is 0 Å². The van der Waals surface area contributed by atoms with Gasteiger partial charge in [-0.2, -0.15) is 0 Å². The fourth-order valence-electron chi connectivity index (χ4n) is 2.47. The summed E-state index contributed by atoms with van der Waals surface area (Å²) < 4.78 is 23.1. The highest BCUT2D eigenvalue weighted by Gasteiger charge is 2.22. The Balaban J connectivity index is 3.88. The third-order valence-electron chi connectivity index (χ3n) is 3.81. The minimum atomic E-state index is -1.51. The Morgan fingerprint density at radius 2 is 0.957 bits per heavy atom. The summed E-state index contributed by atoms with van der Waals surface area (Å²) >= 11 is 0. The van der Waals surface area contributed by atoms with Gasteiger partial charge in [-0.15, -0.1) is 0 Å². The van der Waals surface area contributed by atoms with Crippen LogP contribution in [-0.2, 0) is 17.7 Å². The normalized spacial score (nSPS) is 14.6. The molecule has 0 aromatic rings. The van der Waals surface area contributed by atoms with Crippen LogP contribution >= 0.6 is 0 Å². The Morgan fingerprint density at radius 3 is 1.22 bits per heavy atom. The van der Waals surface area contributed by atoms with Gasteiger partial charge in [0.25, 0.3) is 0 Å². The van der Waals surface area contributed by atoms with Crippen molar-refractivity contribution in [2.75, 3.05) is 39.5 Å². The van der Waals surface area contributed by atoms with Crippen LogP contribution < -0.4 is 5.32 Å². The molecule has 140 valence electrons. The van der Waals surface area contributed by atoms with Gasteiger partial charge in [0, 0.05) is 26.4 Å². The predicted molar refractivity (Wildman–Crippen MR) is 102 cm³/mol. The van der Waals surface area contributed by atoms with E-state index in [9.17, 15) is 0 Å². The van der Waals surface area contributed by atoms with E-state index in [1.807, 2.05) is 27.7 Å². The molecule has 5 nitrogen and oxygen atoms in total. The summed E-state index contributed by atoms with van der Waals surface area (Å²) in [6.45, 7) is 17.7. The Morgan fingerprint density at radius 1 is 0.652 bits per heavy atom. The van der Waals surface area contributed by atoms with Crippen molar-refractivity contribution in [1.82, 2.24) is 5.32 Å². The lowest BCUT2D eigenvalue weighted by molar-refractivity contribution is 0.203. The van der Waals surface area contributed by atoms with Crippen molar-refractivity contribution in [3.63, 3.8) is 0 Å². The molecule has 0 spiro atoms. The lowest BCUT2D eigenvalue weighted by Gasteiger charge is -2.23. The van der Waals surface area contributed by atoms with Gasteiger partial charge in [-0.25, -0.2) is 0 Å². The summed E-state index contributed by atoms with van der Waals surface area (Å²) in [6, 6.07) is 0. The molecular formula is C16H39NO4Si2. The highest BCUT2D eigenvalue weighted by molar-refractivity contribution is 6.46. The first-order valence-electron chi connectivity index (χ1n) is 9.27. The maximum absolute atomic E-state index is 5.79. The largest absolute Gasteiger partial charge is 0.397 e. The van der Waals surface area contributed by atoms with E-state index >= 15 is 0 Å². The molecule has 0 aliphatic heterocycles. The number of rotatable bonds is 16. The zero-order valence-corrected chi connectivity index (χ0v) is 18.4. The minimum absolute atomic E-state index is 0.536. The Kier molecular flexibility index (Phi) is 15.9. The molecule has 0 saturated carbocycles. The van der Waals surface area contributed by atoms with Crippen molar-refractivity contribution in [3.8, 4) is 0 Å². The van der Waals surface area contributed by atoms with Crippen LogP contribution in [0.3, 0.4) is 0 Å². The van der Waals surface area contributed by atoms with Gasteiger partial charge in [0.15, 0.2) is 0 Å². The summed E-state index contributed by atoms with van der Waals surface area (Å²) in [7, 11) is -3.01. The third-order valence-corrected chi connectivity index (χ3v) is 8.98. The molecule has 0 rings (SSSR count). The Hall–Kier alpha value is 0.234. The molecule has 0 radical (unpaired) electrons. The maximum atomic E-state index is 5.79. The average molecular weight is 366 g/mol. The molecule has 0 amide bonds. The molecule has 0 fully saturated rings. The molecule has 0 aliphatic rings. The van der Waals surface area contributed by atoms with Gasteiger partial charge < -0.3 is 23.0 Å². The van der Waals surface area contributed by atoms with Crippen LogP contribution in [-0.4, -0.2) is 58.1 Å². The van der Waals surface area contributed by atoms with Gasteiger partial charge in [0.2, 0.25) is 0 Å². The second-order valence-corrected chi connectivity index (χ2v) is 10.9. The van der Waals surface area contributed by atoms with Crippen LogP contribution in [0.2, 0.25) is 11.1 Å². The third kappa shape index (κ3) is 11.4. The number of hydrogen-bond acceptors (Lipinski definition) is 5. The average Bonchev–Trinajstić information content (AvgIpc) is 2.53. The molecule has 0 aliphatic carbocycles. The van der Waals surface area contributed by atoms with Crippen molar-refractivity contribution < 1.29 is 17.7 Å². The van der Waals surface area contributed by atoms with Gasteiger partial charge in [0.05, 0.1) is 0 Å². The Bertz CT molecular complexity index is 226. The van der Waals surface area contributed by atoms with Gasteiger partial charge in [0.1, 0.15) is 0 Å². The molecule has 0 aromatic heterocycles. The zero-order chi connectivity index (χ0) is 17.5. The van der Waals surface area contributed by atoms with Crippen LogP contribution in [0.1, 0.15) is 54.4 Å². The standard InChI is InChI=1S/C16H39NO4Si2/c1-7-18-22(19-8-2)15(5)11-13-17-14-12-16(6)23(20-9-3)21-10-4/h15-17,22-23H,7-14H2,1-6H3/t15-,16-/m0/s1. The quantitative estimate of drug-likeness (QED) is 0.337. The van der Waals surface area contributed by atoms with Gasteiger partial charge in [-0.05, 0) is 64.7 Å². The first-order valence-corrected chi connectivity index (χ1v) is 12.5. The maximum Gasteiger partial charge on any atom is 0.324 e. The van der Waals surface area contributed by atoms with E-state index in [-0.39, 0.29) is 0 Å². The number of nitrogens with one attached hydrogen (secondary N) is 1. The van der Waals surface area contributed by atoms with Crippen LogP contribution in [0, 0.1) is 0 Å². The summed E-state index contributed by atoms with van der Waals surface area (Å²) in [6.07, 6.45) is 2.23. The predicted octanol–water partition coefficient (Wildman–Crippen LogP) is 2.72. The molecule has 7 heteroatoms. The zero-order valence-electron chi connectivity index (χ0n) is 16.1.